The molecule has 9 heteroatoms. The highest BCUT2D eigenvalue weighted by molar-refractivity contribution is 7.89. The van der Waals surface area contributed by atoms with Crippen LogP contribution in [0.25, 0.3) is 0 Å². The monoisotopic (exact) mass is 437 g/mol. The first kappa shape index (κ1) is 23.3. The topological polar surface area (TPSA) is 86.7 Å². The number of sulfonamides is 1. The van der Waals surface area contributed by atoms with Crippen LogP contribution in [0.5, 0.6) is 0 Å². The Morgan fingerprint density at radius 3 is 2.48 bits per heavy atom. The number of hydrogen-bond donors (Lipinski definition) is 2. The maximum Gasteiger partial charge on any atom is 0.243 e. The van der Waals surface area contributed by atoms with E-state index in [0.717, 1.165) is 36.0 Å². The highest BCUT2D eigenvalue weighted by Crippen LogP contribution is 2.17. The SMILES string of the molecule is CCNC(=NCc1ccc(S(=O)(=O)N(C)C(C)C)cc1)NCCc1ncc(C)s1. The molecule has 160 valence electrons. The van der Waals surface area contributed by atoms with Crippen LogP contribution in [0, 0.1) is 6.92 Å². The molecule has 0 unspecified atom stereocenters. The Labute approximate surface area is 178 Å². The number of aromatic nitrogens is 1. The maximum atomic E-state index is 12.5. The Kier molecular flexibility index (Phi) is 8.60. The summed E-state index contributed by atoms with van der Waals surface area (Å²) in [5, 5.41) is 7.65. The maximum absolute atomic E-state index is 12.5. The predicted molar refractivity (Wildman–Crippen MR) is 120 cm³/mol. The van der Waals surface area contributed by atoms with Crippen molar-refractivity contribution in [2.75, 3.05) is 20.1 Å². The van der Waals surface area contributed by atoms with Crippen LogP contribution >= 0.6 is 11.3 Å². The van der Waals surface area contributed by atoms with Crippen LogP contribution in [0.1, 0.15) is 36.2 Å². The van der Waals surface area contributed by atoms with E-state index < -0.39 is 10.0 Å². The lowest BCUT2D eigenvalue weighted by Crippen LogP contribution is -2.38. The Hall–Kier alpha value is -1.97. The summed E-state index contributed by atoms with van der Waals surface area (Å²) in [6, 6.07) is 6.82. The quantitative estimate of drug-likeness (QED) is 0.465. The lowest BCUT2D eigenvalue weighted by molar-refractivity contribution is 0.410. The number of guanidine groups is 1. The minimum atomic E-state index is -3.46. The summed E-state index contributed by atoms with van der Waals surface area (Å²) in [5.41, 5.74) is 0.948. The van der Waals surface area contributed by atoms with Crippen LogP contribution in [0.3, 0.4) is 0 Å². The van der Waals surface area contributed by atoms with E-state index in [1.165, 1.54) is 9.18 Å². The van der Waals surface area contributed by atoms with Crippen molar-refractivity contribution in [2.45, 2.75) is 51.6 Å². The fourth-order valence-electron chi connectivity index (χ4n) is 2.53. The van der Waals surface area contributed by atoms with Gasteiger partial charge in [-0.1, -0.05) is 12.1 Å². The second-order valence-corrected chi connectivity index (χ2v) is 10.3. The van der Waals surface area contributed by atoms with Crippen molar-refractivity contribution in [1.29, 1.82) is 0 Å². The zero-order valence-electron chi connectivity index (χ0n) is 17.8. The normalized spacial score (nSPS) is 12.6. The molecule has 0 aliphatic carbocycles. The largest absolute Gasteiger partial charge is 0.357 e. The van der Waals surface area contributed by atoms with Crippen LogP contribution < -0.4 is 10.6 Å². The number of thiazole rings is 1. The number of aliphatic imine (C=N–C) groups is 1. The van der Waals surface area contributed by atoms with E-state index in [1.807, 2.05) is 39.1 Å². The number of rotatable bonds is 9. The van der Waals surface area contributed by atoms with Gasteiger partial charge in [-0.15, -0.1) is 11.3 Å². The van der Waals surface area contributed by atoms with E-state index in [1.54, 1.807) is 30.5 Å². The number of nitrogens with one attached hydrogen (secondary N) is 2. The number of aryl methyl sites for hydroxylation is 1. The average molecular weight is 438 g/mol. The van der Waals surface area contributed by atoms with Crippen LogP contribution in [0.2, 0.25) is 0 Å². The predicted octanol–water partition coefficient (Wildman–Crippen LogP) is 2.78. The third-order valence-electron chi connectivity index (χ3n) is 4.39. The molecule has 0 fully saturated rings. The molecule has 1 aromatic heterocycles. The zero-order valence-corrected chi connectivity index (χ0v) is 19.4. The first-order valence-corrected chi connectivity index (χ1v) is 12.0. The van der Waals surface area contributed by atoms with Gasteiger partial charge in [-0.05, 0) is 45.4 Å². The third kappa shape index (κ3) is 6.80. The van der Waals surface area contributed by atoms with E-state index in [0.29, 0.717) is 11.4 Å². The molecule has 29 heavy (non-hydrogen) atoms. The first-order chi connectivity index (χ1) is 13.7. The van der Waals surface area contributed by atoms with Crippen LogP contribution in [0.15, 0.2) is 40.4 Å². The summed E-state index contributed by atoms with van der Waals surface area (Å²) in [4.78, 5) is 10.5. The molecule has 0 amide bonds. The van der Waals surface area contributed by atoms with Gasteiger partial charge in [-0.3, -0.25) is 0 Å². The van der Waals surface area contributed by atoms with Crippen LogP contribution in [-0.2, 0) is 23.0 Å². The second-order valence-electron chi connectivity index (χ2n) is 7.00. The number of hydrogen-bond acceptors (Lipinski definition) is 5. The van der Waals surface area contributed by atoms with Gasteiger partial charge in [0.15, 0.2) is 5.96 Å². The fraction of sp³-hybridized carbons (Fsp3) is 0.500. The van der Waals surface area contributed by atoms with Crippen molar-refractivity contribution in [3.63, 3.8) is 0 Å². The van der Waals surface area contributed by atoms with Gasteiger partial charge >= 0.3 is 0 Å². The molecule has 0 saturated carbocycles. The summed E-state index contributed by atoms with van der Waals surface area (Å²) >= 11 is 1.71. The molecule has 0 saturated heterocycles. The first-order valence-electron chi connectivity index (χ1n) is 9.74. The number of benzene rings is 1. The molecule has 0 spiro atoms. The van der Waals surface area contributed by atoms with Crippen molar-refractivity contribution in [2.24, 2.45) is 4.99 Å². The molecular formula is C20H31N5O2S2. The van der Waals surface area contributed by atoms with E-state index in [9.17, 15) is 8.42 Å². The molecule has 2 N–H and O–H groups in total. The summed E-state index contributed by atoms with van der Waals surface area (Å²) in [6.07, 6.45) is 2.74. The molecular weight excluding hydrogens is 406 g/mol. The zero-order chi connectivity index (χ0) is 21.4. The average Bonchev–Trinajstić information content (AvgIpc) is 3.10. The molecule has 0 bridgehead atoms. The van der Waals surface area contributed by atoms with Gasteiger partial charge in [0.25, 0.3) is 0 Å². The highest BCUT2D eigenvalue weighted by Gasteiger charge is 2.22. The minimum absolute atomic E-state index is 0.0914. The van der Waals surface area contributed by atoms with Gasteiger partial charge in [0.1, 0.15) is 0 Å². The van der Waals surface area contributed by atoms with E-state index in [4.69, 9.17) is 0 Å². The lowest BCUT2D eigenvalue weighted by atomic mass is 10.2. The summed E-state index contributed by atoms with van der Waals surface area (Å²) in [5.74, 6) is 0.733. The van der Waals surface area contributed by atoms with Crippen molar-refractivity contribution < 1.29 is 8.42 Å². The lowest BCUT2D eigenvalue weighted by Gasteiger charge is -2.21. The third-order valence-corrected chi connectivity index (χ3v) is 7.41. The van der Waals surface area contributed by atoms with Gasteiger partial charge in [0.05, 0.1) is 16.4 Å². The molecule has 0 radical (unpaired) electrons. The van der Waals surface area contributed by atoms with Gasteiger partial charge < -0.3 is 10.6 Å². The van der Waals surface area contributed by atoms with Gasteiger partial charge in [-0.25, -0.2) is 18.4 Å². The van der Waals surface area contributed by atoms with Crippen molar-refractivity contribution >= 4 is 27.3 Å². The summed E-state index contributed by atoms with van der Waals surface area (Å²) < 4.78 is 26.5. The van der Waals surface area contributed by atoms with E-state index in [2.05, 4.69) is 27.5 Å². The Morgan fingerprint density at radius 1 is 1.24 bits per heavy atom. The summed E-state index contributed by atoms with van der Waals surface area (Å²) in [7, 11) is -1.87. The molecule has 7 nitrogen and oxygen atoms in total. The second kappa shape index (κ2) is 10.7. The highest BCUT2D eigenvalue weighted by atomic mass is 32.2. The molecule has 1 aromatic carbocycles. The molecule has 2 aromatic rings. The number of nitrogens with zero attached hydrogens (tertiary/aromatic N) is 3. The smallest absolute Gasteiger partial charge is 0.243 e. The van der Waals surface area contributed by atoms with Gasteiger partial charge in [0, 0.05) is 43.7 Å². The van der Waals surface area contributed by atoms with E-state index >= 15 is 0 Å². The molecule has 2 rings (SSSR count). The van der Waals surface area contributed by atoms with Gasteiger partial charge in [-0.2, -0.15) is 4.31 Å². The molecule has 0 aliphatic rings. The molecule has 1 heterocycles. The van der Waals surface area contributed by atoms with Gasteiger partial charge in [0.2, 0.25) is 10.0 Å². The van der Waals surface area contributed by atoms with Crippen molar-refractivity contribution in [3.05, 3.63) is 45.9 Å². The molecule has 0 aliphatic heterocycles. The Morgan fingerprint density at radius 2 is 1.93 bits per heavy atom. The molecule has 0 atom stereocenters. The van der Waals surface area contributed by atoms with Crippen molar-refractivity contribution in [1.82, 2.24) is 19.9 Å². The standard InChI is InChI=1S/C20H31N5O2S2/c1-6-21-20(22-12-11-19-23-13-16(4)28-19)24-14-17-7-9-18(10-8-17)29(26,27)25(5)15(2)3/h7-10,13,15H,6,11-12,14H2,1-5H3,(H2,21,22,24). The van der Waals surface area contributed by atoms with Crippen LogP contribution in [0.4, 0.5) is 0 Å². The summed E-state index contributed by atoms with van der Waals surface area (Å²) in [6.45, 7) is 9.76. The Balaban J connectivity index is 1.97. The minimum Gasteiger partial charge on any atom is -0.357 e. The van der Waals surface area contributed by atoms with Crippen molar-refractivity contribution in [3.8, 4) is 0 Å². The van der Waals surface area contributed by atoms with E-state index in [-0.39, 0.29) is 6.04 Å². The fourth-order valence-corrected chi connectivity index (χ4v) is 4.68. The Bertz CT molecular complexity index is 905. The van der Waals surface area contributed by atoms with Crippen LogP contribution in [-0.4, -0.2) is 49.8 Å².